The van der Waals surface area contributed by atoms with E-state index in [1.807, 2.05) is 0 Å². The van der Waals surface area contributed by atoms with E-state index in [1.165, 1.54) is 0 Å². The van der Waals surface area contributed by atoms with Gasteiger partial charge in [-0.15, -0.1) is 0 Å². The Hall–Kier alpha value is -1.66. The number of aliphatic carboxylic acids is 1. The molecule has 1 saturated carbocycles. The van der Waals surface area contributed by atoms with Crippen LogP contribution in [0.2, 0.25) is 0 Å². The predicted molar refractivity (Wildman–Crippen MR) is 65.2 cm³/mol. The second-order valence-corrected chi connectivity index (χ2v) is 4.77. The van der Waals surface area contributed by atoms with Gasteiger partial charge >= 0.3 is 5.97 Å². The molecule has 1 atom stereocenters. The molecule has 1 unspecified atom stereocenters. The highest BCUT2D eigenvalue weighted by Gasteiger charge is 2.42. The second-order valence-electron chi connectivity index (χ2n) is 4.77. The third-order valence-electron chi connectivity index (χ3n) is 3.39. The minimum Gasteiger partial charge on any atom is -0.480 e. The molecule has 0 aromatic heterocycles. The van der Waals surface area contributed by atoms with Crippen LogP contribution in [0, 0.1) is 0 Å². The Bertz CT molecular complexity index is 343. The molecule has 1 fully saturated rings. The van der Waals surface area contributed by atoms with E-state index < -0.39 is 23.6 Å². The van der Waals surface area contributed by atoms with Crippen molar-refractivity contribution in [1.29, 1.82) is 0 Å². The molecule has 1 aliphatic rings. The number of carboxylic acid groups (broad SMARTS) is 1. The van der Waals surface area contributed by atoms with Crippen LogP contribution in [0.3, 0.4) is 0 Å². The van der Waals surface area contributed by atoms with Gasteiger partial charge in [0.2, 0.25) is 6.41 Å². The number of nitrogens with one attached hydrogen (secondary N) is 2. The summed E-state index contributed by atoms with van der Waals surface area (Å²) in [5.74, 6) is -2.03. The summed E-state index contributed by atoms with van der Waals surface area (Å²) in [6, 6.07) is 0. The van der Waals surface area contributed by atoms with E-state index in [1.54, 1.807) is 0 Å². The molecule has 0 heterocycles. The number of amides is 2. The molecule has 0 radical (unpaired) electrons. The van der Waals surface area contributed by atoms with Crippen LogP contribution in [0.1, 0.15) is 38.5 Å². The first kappa shape index (κ1) is 15.4. The summed E-state index contributed by atoms with van der Waals surface area (Å²) in [7, 11) is 0. The Kier molecular flexibility index (Phi) is 5.72. The first-order valence-electron chi connectivity index (χ1n) is 6.38. The molecule has 1 rings (SSSR count). The van der Waals surface area contributed by atoms with E-state index >= 15 is 0 Å². The van der Waals surface area contributed by atoms with Crippen LogP contribution in [0.4, 0.5) is 4.39 Å². The lowest BCUT2D eigenvalue weighted by molar-refractivity contribution is -0.150. The zero-order chi connectivity index (χ0) is 14.3. The van der Waals surface area contributed by atoms with Crippen molar-refractivity contribution < 1.29 is 23.9 Å². The molecule has 0 aromatic rings. The number of carbonyl (C=O) groups excluding carboxylic acids is 2. The fourth-order valence-corrected chi connectivity index (χ4v) is 2.26. The summed E-state index contributed by atoms with van der Waals surface area (Å²) in [5.41, 5.74) is -1.34. The minimum absolute atomic E-state index is 0.0398. The second kappa shape index (κ2) is 7.06. The molecule has 2 amide bonds. The maximum atomic E-state index is 13.5. The Morgan fingerprint density at radius 1 is 1.32 bits per heavy atom. The molecule has 3 N–H and O–H groups in total. The van der Waals surface area contributed by atoms with Crippen molar-refractivity contribution in [2.45, 2.75) is 50.2 Å². The lowest BCUT2D eigenvalue weighted by atomic mass is 9.81. The first-order chi connectivity index (χ1) is 9.02. The average Bonchev–Trinajstić information content (AvgIpc) is 2.39. The van der Waals surface area contributed by atoms with E-state index in [9.17, 15) is 23.9 Å². The summed E-state index contributed by atoms with van der Waals surface area (Å²) in [6.45, 7) is 0.0398. The van der Waals surface area contributed by atoms with Gasteiger partial charge in [0.25, 0.3) is 5.91 Å². The van der Waals surface area contributed by atoms with Gasteiger partial charge in [-0.1, -0.05) is 19.3 Å². The number of alkyl halides is 1. The fourth-order valence-electron chi connectivity index (χ4n) is 2.26. The number of rotatable bonds is 7. The van der Waals surface area contributed by atoms with E-state index in [4.69, 9.17) is 0 Å². The summed E-state index contributed by atoms with van der Waals surface area (Å²) in [5, 5.41) is 13.8. The molecule has 0 aromatic carbocycles. The summed E-state index contributed by atoms with van der Waals surface area (Å²) >= 11 is 0. The van der Waals surface area contributed by atoms with Crippen molar-refractivity contribution >= 4 is 18.3 Å². The van der Waals surface area contributed by atoms with E-state index in [-0.39, 0.29) is 13.0 Å². The molecule has 108 valence electrons. The third kappa shape index (κ3) is 4.18. The number of hydrogen-bond acceptors (Lipinski definition) is 3. The average molecular weight is 274 g/mol. The van der Waals surface area contributed by atoms with Gasteiger partial charge in [-0.05, 0) is 12.8 Å². The Balaban J connectivity index is 2.56. The molecule has 7 heteroatoms. The number of hydrogen-bond donors (Lipinski definition) is 3. The van der Waals surface area contributed by atoms with Crippen LogP contribution in [-0.2, 0) is 14.4 Å². The highest BCUT2D eigenvalue weighted by molar-refractivity contribution is 5.89. The van der Waals surface area contributed by atoms with Crippen molar-refractivity contribution in [2.24, 2.45) is 0 Å². The van der Waals surface area contributed by atoms with Crippen LogP contribution in [0.25, 0.3) is 0 Å². The summed E-state index contributed by atoms with van der Waals surface area (Å²) < 4.78 is 13.5. The summed E-state index contributed by atoms with van der Waals surface area (Å²) in [6.07, 6.45) is 1.43. The Morgan fingerprint density at radius 2 is 1.95 bits per heavy atom. The van der Waals surface area contributed by atoms with Crippen LogP contribution in [0.5, 0.6) is 0 Å². The predicted octanol–water partition coefficient (Wildman–Crippen LogP) is 0.364. The highest BCUT2D eigenvalue weighted by atomic mass is 19.1. The van der Waals surface area contributed by atoms with Crippen molar-refractivity contribution in [3.8, 4) is 0 Å². The molecule has 6 nitrogen and oxygen atoms in total. The molecule has 0 spiro atoms. The Labute approximate surface area is 110 Å². The SMILES string of the molecule is O=CNCCC(F)C(=O)NC1(C(=O)O)CCCCC1. The minimum atomic E-state index is -1.81. The smallest absolute Gasteiger partial charge is 0.329 e. The van der Waals surface area contributed by atoms with Gasteiger partial charge in [-0.25, -0.2) is 9.18 Å². The lowest BCUT2D eigenvalue weighted by Gasteiger charge is -2.34. The maximum Gasteiger partial charge on any atom is 0.329 e. The molecular weight excluding hydrogens is 255 g/mol. The molecule has 0 saturated heterocycles. The molecular formula is C12H19FN2O4. The molecule has 0 bridgehead atoms. The van der Waals surface area contributed by atoms with Crippen molar-refractivity contribution in [3.05, 3.63) is 0 Å². The van der Waals surface area contributed by atoms with Gasteiger partial charge in [0, 0.05) is 13.0 Å². The number of carbonyl (C=O) groups is 3. The Morgan fingerprint density at radius 3 is 2.47 bits per heavy atom. The zero-order valence-corrected chi connectivity index (χ0v) is 10.7. The van der Waals surface area contributed by atoms with E-state index in [0.717, 1.165) is 6.42 Å². The van der Waals surface area contributed by atoms with E-state index in [0.29, 0.717) is 32.1 Å². The van der Waals surface area contributed by atoms with Gasteiger partial charge in [-0.2, -0.15) is 0 Å². The standard InChI is InChI=1S/C12H19FN2O4/c13-9(4-7-14-8-16)10(17)15-12(11(18)19)5-2-1-3-6-12/h8-9H,1-7H2,(H,14,16)(H,15,17)(H,18,19). The van der Waals surface area contributed by atoms with E-state index in [2.05, 4.69) is 10.6 Å². The van der Waals surface area contributed by atoms with Crippen LogP contribution >= 0.6 is 0 Å². The van der Waals surface area contributed by atoms with Crippen LogP contribution in [0.15, 0.2) is 0 Å². The quantitative estimate of drug-likeness (QED) is 0.461. The van der Waals surface area contributed by atoms with Crippen LogP contribution in [-0.4, -0.2) is 41.6 Å². The van der Waals surface area contributed by atoms with Gasteiger partial charge in [0.15, 0.2) is 6.17 Å². The normalized spacial score (nSPS) is 19.2. The van der Waals surface area contributed by atoms with Gasteiger partial charge in [0.05, 0.1) is 0 Å². The van der Waals surface area contributed by atoms with Gasteiger partial charge in [-0.3, -0.25) is 9.59 Å². The van der Waals surface area contributed by atoms with Crippen LogP contribution < -0.4 is 10.6 Å². The monoisotopic (exact) mass is 274 g/mol. The van der Waals surface area contributed by atoms with Crippen molar-refractivity contribution in [1.82, 2.24) is 10.6 Å². The van der Waals surface area contributed by atoms with Gasteiger partial charge in [0.1, 0.15) is 5.54 Å². The molecule has 19 heavy (non-hydrogen) atoms. The van der Waals surface area contributed by atoms with Crippen molar-refractivity contribution in [3.63, 3.8) is 0 Å². The largest absolute Gasteiger partial charge is 0.480 e. The highest BCUT2D eigenvalue weighted by Crippen LogP contribution is 2.28. The number of halogens is 1. The molecule has 0 aliphatic heterocycles. The topological polar surface area (TPSA) is 95.5 Å². The maximum absolute atomic E-state index is 13.5. The number of carboxylic acids is 1. The molecule has 1 aliphatic carbocycles. The zero-order valence-electron chi connectivity index (χ0n) is 10.7. The third-order valence-corrected chi connectivity index (χ3v) is 3.39. The lowest BCUT2D eigenvalue weighted by Crippen LogP contribution is -2.57. The van der Waals surface area contributed by atoms with Crippen molar-refractivity contribution in [2.75, 3.05) is 6.54 Å². The van der Waals surface area contributed by atoms with Gasteiger partial charge < -0.3 is 15.7 Å². The summed E-state index contributed by atoms with van der Waals surface area (Å²) in [4.78, 5) is 33.0. The first-order valence-corrected chi connectivity index (χ1v) is 6.38. The fraction of sp³-hybridized carbons (Fsp3) is 0.750.